The smallest absolute Gasteiger partial charge is 0.322 e. The first kappa shape index (κ1) is 27.4. The van der Waals surface area contributed by atoms with E-state index in [0.29, 0.717) is 25.2 Å². The predicted octanol–water partition coefficient (Wildman–Crippen LogP) is 1.74. The van der Waals surface area contributed by atoms with Crippen LogP contribution in [0.1, 0.15) is 78.6 Å². The van der Waals surface area contributed by atoms with Gasteiger partial charge in [-0.25, -0.2) is 0 Å². The molecule has 4 saturated carbocycles. The van der Waals surface area contributed by atoms with E-state index < -0.39 is 12.1 Å². The number of carboxylic acids is 1. The molecule has 4 rings (SSSR count). The number of carboxylic acid groups (broad SMARTS) is 1. The highest BCUT2D eigenvalue weighted by atomic mass is 16.4. The summed E-state index contributed by atoms with van der Waals surface area (Å²) in [6, 6.07) is 0. The first-order valence-electron chi connectivity index (χ1n) is 13.0. The van der Waals surface area contributed by atoms with Crippen LogP contribution in [0.5, 0.6) is 0 Å². The number of hydrogen-bond acceptors (Lipinski definition) is 5. The van der Waals surface area contributed by atoms with E-state index in [9.17, 15) is 24.9 Å². The van der Waals surface area contributed by atoms with Crippen LogP contribution >= 0.6 is 0 Å². The van der Waals surface area contributed by atoms with E-state index in [4.69, 9.17) is 5.11 Å². The molecule has 34 heavy (non-hydrogen) atoms. The molecule has 4 aliphatic carbocycles. The van der Waals surface area contributed by atoms with Crippen molar-refractivity contribution in [2.75, 3.05) is 6.54 Å². The van der Waals surface area contributed by atoms with Crippen LogP contribution in [0.25, 0.3) is 0 Å². The Balaban J connectivity index is 0.00000324. The van der Waals surface area contributed by atoms with E-state index >= 15 is 0 Å². The van der Waals surface area contributed by atoms with Crippen LogP contribution in [0.15, 0.2) is 0 Å². The summed E-state index contributed by atoms with van der Waals surface area (Å²) in [6.45, 7) is 6.35. The Morgan fingerprint density at radius 1 is 1.03 bits per heavy atom. The number of aliphatic hydroxyl groups excluding tert-OH is 3. The SMILES string of the molecule is C[C@@H](CCC(=O)NCC(=O)O)C1CCC2C3C(O)CC4CC(O)CCC4(C)C3CC(O)C21C.O. The number of nitrogens with one attached hydrogen (secondary N) is 1. The molecule has 0 bridgehead atoms. The fraction of sp³-hybridized carbons (Fsp3) is 0.923. The van der Waals surface area contributed by atoms with Crippen molar-refractivity contribution in [2.45, 2.75) is 96.9 Å². The maximum Gasteiger partial charge on any atom is 0.322 e. The Morgan fingerprint density at radius 3 is 2.41 bits per heavy atom. The molecule has 4 aliphatic rings. The summed E-state index contributed by atoms with van der Waals surface area (Å²) in [5.74, 6) is 0.265. The van der Waals surface area contributed by atoms with E-state index in [1.54, 1.807) is 0 Å². The molecule has 0 radical (unpaired) electrons. The van der Waals surface area contributed by atoms with Gasteiger partial charge in [0, 0.05) is 6.42 Å². The maximum absolute atomic E-state index is 12.0. The summed E-state index contributed by atoms with van der Waals surface area (Å²) in [7, 11) is 0. The van der Waals surface area contributed by atoms with Crippen LogP contribution in [0.3, 0.4) is 0 Å². The first-order valence-corrected chi connectivity index (χ1v) is 13.0. The Kier molecular flexibility index (Phi) is 8.08. The zero-order valence-corrected chi connectivity index (χ0v) is 20.9. The number of fused-ring (bicyclic) bond motifs is 5. The van der Waals surface area contributed by atoms with Gasteiger partial charge in [0.2, 0.25) is 5.91 Å². The van der Waals surface area contributed by atoms with Crippen LogP contribution in [-0.4, -0.2) is 62.6 Å². The summed E-state index contributed by atoms with van der Waals surface area (Å²) in [5.41, 5.74) is -0.214. The van der Waals surface area contributed by atoms with E-state index in [-0.39, 0.29) is 70.6 Å². The standard InChI is InChI=1S/C26H43NO6.H2O/c1-14(4-7-22(31)27-13-23(32)33)17-5-6-18-24-19(12-21(30)26(17,18)3)25(2)9-8-16(28)10-15(25)11-20(24)29;/h14-21,24,28-30H,4-13H2,1-3H3,(H,27,31)(H,32,33);1H2/t14-,15?,16?,17?,18?,19?,20?,21?,24?,25?,26?;/m0./s1. The van der Waals surface area contributed by atoms with E-state index in [1.165, 1.54) is 0 Å². The fourth-order valence-electron chi connectivity index (χ4n) is 8.95. The highest BCUT2D eigenvalue weighted by Gasteiger charge is 2.65. The lowest BCUT2D eigenvalue weighted by Crippen LogP contribution is -2.62. The van der Waals surface area contributed by atoms with Gasteiger partial charge in [0.15, 0.2) is 0 Å². The number of carbonyl (C=O) groups is 2. The van der Waals surface area contributed by atoms with Crippen molar-refractivity contribution >= 4 is 11.9 Å². The first-order chi connectivity index (χ1) is 15.5. The molecule has 10 unspecified atom stereocenters. The molecule has 0 aliphatic heterocycles. The summed E-state index contributed by atoms with van der Waals surface area (Å²) >= 11 is 0. The van der Waals surface area contributed by atoms with Gasteiger partial charge in [0.1, 0.15) is 6.54 Å². The highest BCUT2D eigenvalue weighted by molar-refractivity contribution is 5.81. The number of carbonyl (C=O) groups excluding carboxylic acids is 1. The molecular formula is C26H45NO7. The van der Waals surface area contributed by atoms with Gasteiger partial charge >= 0.3 is 5.97 Å². The van der Waals surface area contributed by atoms with Gasteiger partial charge in [-0.15, -0.1) is 0 Å². The zero-order chi connectivity index (χ0) is 24.1. The molecule has 0 aromatic heterocycles. The molecule has 8 heteroatoms. The number of aliphatic hydroxyl groups is 3. The second-order valence-electron chi connectivity index (χ2n) is 12.2. The van der Waals surface area contributed by atoms with Crippen LogP contribution < -0.4 is 5.32 Å². The molecule has 0 saturated heterocycles. The maximum atomic E-state index is 12.0. The average molecular weight is 484 g/mol. The van der Waals surface area contributed by atoms with Crippen LogP contribution in [-0.2, 0) is 9.59 Å². The number of hydrogen-bond donors (Lipinski definition) is 5. The zero-order valence-electron chi connectivity index (χ0n) is 20.9. The van der Waals surface area contributed by atoms with Crippen LogP contribution in [0.2, 0.25) is 0 Å². The van der Waals surface area contributed by atoms with Crippen molar-refractivity contribution < 1.29 is 35.5 Å². The Bertz CT molecular complexity index is 761. The molecule has 0 spiro atoms. The van der Waals surface area contributed by atoms with Gasteiger partial charge in [0.05, 0.1) is 18.3 Å². The molecule has 0 aromatic rings. The Morgan fingerprint density at radius 2 is 1.74 bits per heavy atom. The topological polar surface area (TPSA) is 159 Å². The molecule has 0 aromatic carbocycles. The molecular weight excluding hydrogens is 438 g/mol. The minimum absolute atomic E-state index is 0. The van der Waals surface area contributed by atoms with Crippen molar-refractivity contribution in [3.8, 4) is 0 Å². The predicted molar refractivity (Wildman–Crippen MR) is 127 cm³/mol. The Hall–Kier alpha value is -1.22. The monoisotopic (exact) mass is 483 g/mol. The average Bonchev–Trinajstić information content (AvgIpc) is 3.11. The van der Waals surface area contributed by atoms with Crippen molar-refractivity contribution in [3.05, 3.63) is 0 Å². The normalized spacial score (nSPS) is 46.3. The molecule has 7 N–H and O–H groups in total. The van der Waals surface area contributed by atoms with Crippen molar-refractivity contribution in [3.63, 3.8) is 0 Å². The lowest BCUT2D eigenvalue weighted by molar-refractivity contribution is -0.207. The molecule has 11 atom stereocenters. The fourth-order valence-corrected chi connectivity index (χ4v) is 8.95. The summed E-state index contributed by atoms with van der Waals surface area (Å²) < 4.78 is 0. The third-order valence-corrected chi connectivity index (χ3v) is 10.8. The quantitative estimate of drug-likeness (QED) is 0.387. The van der Waals surface area contributed by atoms with Gasteiger partial charge in [0.25, 0.3) is 0 Å². The van der Waals surface area contributed by atoms with Crippen molar-refractivity contribution in [1.29, 1.82) is 0 Å². The van der Waals surface area contributed by atoms with Gasteiger partial charge in [-0.1, -0.05) is 20.8 Å². The molecule has 4 fully saturated rings. The van der Waals surface area contributed by atoms with Gasteiger partial charge in [-0.2, -0.15) is 0 Å². The van der Waals surface area contributed by atoms with Gasteiger partial charge in [-0.05, 0) is 97.7 Å². The lowest BCUT2D eigenvalue weighted by atomic mass is 9.43. The van der Waals surface area contributed by atoms with Crippen molar-refractivity contribution in [1.82, 2.24) is 5.32 Å². The van der Waals surface area contributed by atoms with Crippen LogP contribution in [0, 0.1) is 46.3 Å². The minimum Gasteiger partial charge on any atom is -0.480 e. The summed E-state index contributed by atoms with van der Waals surface area (Å²) in [5, 5.41) is 44.4. The summed E-state index contributed by atoms with van der Waals surface area (Å²) in [6.07, 6.45) is 5.86. The molecule has 8 nitrogen and oxygen atoms in total. The molecule has 196 valence electrons. The molecule has 1 amide bonds. The molecule has 0 heterocycles. The van der Waals surface area contributed by atoms with E-state index in [1.807, 2.05) is 0 Å². The highest BCUT2D eigenvalue weighted by Crippen LogP contribution is 2.68. The second kappa shape index (κ2) is 10.0. The number of amides is 1. The second-order valence-corrected chi connectivity index (χ2v) is 12.2. The minimum atomic E-state index is -1.04. The van der Waals surface area contributed by atoms with Gasteiger partial charge < -0.3 is 31.2 Å². The van der Waals surface area contributed by atoms with Crippen LogP contribution in [0.4, 0.5) is 0 Å². The number of rotatable bonds is 6. The lowest BCUT2D eigenvalue weighted by Gasteiger charge is -2.63. The van der Waals surface area contributed by atoms with Crippen molar-refractivity contribution in [2.24, 2.45) is 46.3 Å². The third-order valence-electron chi connectivity index (χ3n) is 10.8. The largest absolute Gasteiger partial charge is 0.480 e. The third kappa shape index (κ3) is 4.51. The van der Waals surface area contributed by atoms with Gasteiger partial charge in [-0.3, -0.25) is 9.59 Å². The van der Waals surface area contributed by atoms with E-state index in [0.717, 1.165) is 38.5 Å². The summed E-state index contributed by atoms with van der Waals surface area (Å²) in [4.78, 5) is 22.7. The Labute approximate surface area is 202 Å². The number of aliphatic carboxylic acids is 1. The van der Waals surface area contributed by atoms with E-state index in [2.05, 4.69) is 26.1 Å².